The van der Waals surface area contributed by atoms with Crippen LogP contribution in [0.5, 0.6) is 11.5 Å². The van der Waals surface area contributed by atoms with Crippen molar-refractivity contribution < 1.29 is 13.7 Å². The van der Waals surface area contributed by atoms with Gasteiger partial charge in [-0.15, -0.1) is 0 Å². The van der Waals surface area contributed by atoms with E-state index in [0.29, 0.717) is 5.92 Å². The van der Waals surface area contributed by atoms with Gasteiger partial charge in [0.05, 0.1) is 10.9 Å². The SMILES string of the molecule is Cc1ccc2cccc3c2c1-c1c(c2oc(CC(C)C)cc2c[n+]1C)O3. The Kier molecular flexibility index (Phi) is 3.17. The number of rotatable bonds is 2. The van der Waals surface area contributed by atoms with E-state index in [2.05, 4.69) is 62.8 Å². The topological polar surface area (TPSA) is 26.2 Å². The van der Waals surface area contributed by atoms with Crippen LogP contribution in [0.4, 0.5) is 0 Å². The van der Waals surface area contributed by atoms with Gasteiger partial charge in [0, 0.05) is 11.8 Å². The molecule has 3 heterocycles. The number of nitrogens with zero attached hydrogens (tertiary/aromatic N) is 1. The van der Waals surface area contributed by atoms with E-state index in [4.69, 9.17) is 9.15 Å². The number of aryl methyl sites for hydroxylation is 2. The van der Waals surface area contributed by atoms with Gasteiger partial charge in [0.2, 0.25) is 5.75 Å². The molecule has 0 saturated heterocycles. The standard InChI is InChI=1S/C23H22NO2/c1-13(2)10-17-11-16-12-24(4)21-19-14(3)8-9-15-6-5-7-18(20(15)19)26-23(21)22(16)25-17/h5-9,11-13H,10H2,1-4H3/q+1. The minimum absolute atomic E-state index is 0.553. The van der Waals surface area contributed by atoms with E-state index in [9.17, 15) is 0 Å². The van der Waals surface area contributed by atoms with E-state index in [-0.39, 0.29) is 0 Å². The first-order valence-corrected chi connectivity index (χ1v) is 9.18. The highest BCUT2D eigenvalue weighted by Gasteiger charge is 2.32. The number of fused-ring (bicyclic) bond motifs is 4. The van der Waals surface area contributed by atoms with Crippen molar-refractivity contribution in [2.75, 3.05) is 0 Å². The van der Waals surface area contributed by atoms with E-state index in [1.54, 1.807) is 0 Å². The summed E-state index contributed by atoms with van der Waals surface area (Å²) in [5.74, 6) is 3.30. The summed E-state index contributed by atoms with van der Waals surface area (Å²) in [6, 6.07) is 12.7. The number of pyridine rings is 1. The predicted octanol–water partition coefficient (Wildman–Crippen LogP) is 5.69. The predicted molar refractivity (Wildman–Crippen MR) is 104 cm³/mol. The molecule has 0 unspecified atom stereocenters. The summed E-state index contributed by atoms with van der Waals surface area (Å²) in [6.45, 7) is 6.58. The molecule has 0 fully saturated rings. The summed E-state index contributed by atoms with van der Waals surface area (Å²) >= 11 is 0. The lowest BCUT2D eigenvalue weighted by Crippen LogP contribution is -2.32. The zero-order chi connectivity index (χ0) is 18.0. The lowest BCUT2D eigenvalue weighted by atomic mass is 9.93. The molecular weight excluding hydrogens is 322 g/mol. The van der Waals surface area contributed by atoms with Crippen molar-refractivity contribution in [3.63, 3.8) is 0 Å². The summed E-state index contributed by atoms with van der Waals surface area (Å²) in [5.41, 5.74) is 4.42. The number of hydrogen-bond acceptors (Lipinski definition) is 2. The highest BCUT2D eigenvalue weighted by molar-refractivity contribution is 6.06. The Hall–Kier alpha value is -2.81. The minimum Gasteiger partial charge on any atom is -0.457 e. The minimum atomic E-state index is 0.553. The maximum absolute atomic E-state index is 6.40. The third-order valence-corrected chi connectivity index (χ3v) is 5.19. The van der Waals surface area contributed by atoms with Crippen LogP contribution in [0.25, 0.3) is 33.0 Å². The number of furan rings is 1. The van der Waals surface area contributed by atoms with Gasteiger partial charge < -0.3 is 9.15 Å². The van der Waals surface area contributed by atoms with Crippen LogP contribution in [0.2, 0.25) is 0 Å². The second-order valence-electron chi connectivity index (χ2n) is 7.73. The second kappa shape index (κ2) is 5.34. The molecule has 2 aromatic heterocycles. The fourth-order valence-electron chi connectivity index (χ4n) is 4.11. The van der Waals surface area contributed by atoms with Crippen molar-refractivity contribution in [3.05, 3.63) is 53.9 Å². The smallest absolute Gasteiger partial charge is 0.260 e. The number of benzene rings is 2. The molecule has 0 atom stereocenters. The van der Waals surface area contributed by atoms with Crippen LogP contribution in [-0.2, 0) is 13.5 Å². The first-order chi connectivity index (χ1) is 12.5. The Balaban J connectivity index is 1.87. The Bertz CT molecular complexity index is 1180. The average molecular weight is 344 g/mol. The first-order valence-electron chi connectivity index (χ1n) is 9.18. The van der Waals surface area contributed by atoms with Crippen molar-refractivity contribution in [2.24, 2.45) is 13.0 Å². The number of ether oxygens (including phenoxy) is 1. The summed E-state index contributed by atoms with van der Waals surface area (Å²) in [4.78, 5) is 0. The van der Waals surface area contributed by atoms with Gasteiger partial charge in [-0.3, -0.25) is 0 Å². The van der Waals surface area contributed by atoms with Crippen LogP contribution >= 0.6 is 0 Å². The van der Waals surface area contributed by atoms with Gasteiger partial charge in [0.25, 0.3) is 5.69 Å². The Morgan fingerprint density at radius 2 is 1.92 bits per heavy atom. The molecule has 130 valence electrons. The van der Waals surface area contributed by atoms with E-state index in [1.165, 1.54) is 21.9 Å². The van der Waals surface area contributed by atoms with Gasteiger partial charge >= 0.3 is 0 Å². The quantitative estimate of drug-likeness (QED) is 0.385. The molecule has 0 spiro atoms. The third kappa shape index (κ3) is 2.10. The van der Waals surface area contributed by atoms with E-state index in [1.807, 2.05) is 12.1 Å². The highest BCUT2D eigenvalue weighted by atomic mass is 16.5. The summed E-state index contributed by atoms with van der Waals surface area (Å²) in [5, 5.41) is 3.48. The van der Waals surface area contributed by atoms with E-state index < -0.39 is 0 Å². The summed E-state index contributed by atoms with van der Waals surface area (Å²) in [6.07, 6.45) is 3.08. The largest absolute Gasteiger partial charge is 0.457 e. The van der Waals surface area contributed by atoms with Gasteiger partial charge in [-0.05, 0) is 35.9 Å². The first kappa shape index (κ1) is 15.4. The fraction of sp³-hybridized carbons (Fsp3) is 0.261. The van der Waals surface area contributed by atoms with Gasteiger partial charge in [-0.25, -0.2) is 0 Å². The van der Waals surface area contributed by atoms with Crippen LogP contribution < -0.4 is 9.30 Å². The van der Waals surface area contributed by atoms with Crippen molar-refractivity contribution in [2.45, 2.75) is 27.2 Å². The Labute approximate surface area is 152 Å². The normalized spacial score (nSPS) is 12.7. The molecule has 3 nitrogen and oxygen atoms in total. The average Bonchev–Trinajstić information content (AvgIpc) is 2.99. The molecule has 3 heteroatoms. The Morgan fingerprint density at radius 3 is 2.73 bits per heavy atom. The van der Waals surface area contributed by atoms with E-state index >= 15 is 0 Å². The van der Waals surface area contributed by atoms with Crippen molar-refractivity contribution >= 4 is 21.7 Å². The molecule has 2 aromatic carbocycles. The molecule has 4 aromatic rings. The van der Waals surface area contributed by atoms with Crippen molar-refractivity contribution in [1.82, 2.24) is 0 Å². The number of aromatic nitrogens is 1. The molecule has 0 N–H and O–H groups in total. The number of hydrogen-bond donors (Lipinski definition) is 0. The van der Waals surface area contributed by atoms with Gasteiger partial charge in [-0.2, -0.15) is 4.57 Å². The van der Waals surface area contributed by atoms with Crippen LogP contribution in [-0.4, -0.2) is 0 Å². The van der Waals surface area contributed by atoms with Gasteiger partial charge in [0.1, 0.15) is 18.6 Å². The maximum Gasteiger partial charge on any atom is 0.260 e. The summed E-state index contributed by atoms with van der Waals surface area (Å²) in [7, 11) is 2.09. The Morgan fingerprint density at radius 1 is 1.08 bits per heavy atom. The fourth-order valence-corrected chi connectivity index (χ4v) is 4.11. The van der Waals surface area contributed by atoms with Crippen molar-refractivity contribution in [3.8, 4) is 22.8 Å². The molecule has 0 bridgehead atoms. The highest BCUT2D eigenvalue weighted by Crippen LogP contribution is 2.49. The molecule has 1 aliphatic rings. The van der Waals surface area contributed by atoms with Crippen molar-refractivity contribution in [1.29, 1.82) is 0 Å². The van der Waals surface area contributed by atoms with Gasteiger partial charge in [0.15, 0.2) is 11.8 Å². The third-order valence-electron chi connectivity index (χ3n) is 5.19. The molecule has 0 radical (unpaired) electrons. The van der Waals surface area contributed by atoms with Crippen LogP contribution in [0.3, 0.4) is 0 Å². The lowest BCUT2D eigenvalue weighted by Gasteiger charge is -2.20. The van der Waals surface area contributed by atoms with E-state index in [0.717, 1.165) is 40.3 Å². The zero-order valence-corrected chi connectivity index (χ0v) is 15.6. The summed E-state index contributed by atoms with van der Waals surface area (Å²) < 4.78 is 14.8. The second-order valence-corrected chi connectivity index (χ2v) is 7.73. The monoisotopic (exact) mass is 344 g/mol. The molecular formula is C23H22NO2+. The molecule has 5 rings (SSSR count). The molecule has 0 aliphatic carbocycles. The molecule has 1 aliphatic heterocycles. The van der Waals surface area contributed by atoms with Crippen LogP contribution in [0.1, 0.15) is 25.2 Å². The molecule has 26 heavy (non-hydrogen) atoms. The van der Waals surface area contributed by atoms with Crippen LogP contribution in [0.15, 0.2) is 47.0 Å². The maximum atomic E-state index is 6.40. The molecule has 0 amide bonds. The zero-order valence-electron chi connectivity index (χ0n) is 15.6. The lowest BCUT2D eigenvalue weighted by molar-refractivity contribution is -0.659. The molecule has 0 saturated carbocycles. The van der Waals surface area contributed by atoms with Crippen LogP contribution in [0, 0.1) is 12.8 Å². The van der Waals surface area contributed by atoms with Gasteiger partial charge in [-0.1, -0.05) is 38.1 Å².